The molecule has 2 aliphatic rings. The zero-order valence-corrected chi connectivity index (χ0v) is 15.2. The normalized spacial score (nSPS) is 35.7. The van der Waals surface area contributed by atoms with Gasteiger partial charge >= 0.3 is 0 Å². The number of Topliss-reactive ketones (excluding diaryl/α,β-unsaturated/α-hetero) is 1. The molecule has 2 saturated carbocycles. The highest BCUT2D eigenvalue weighted by Crippen LogP contribution is 2.72. The van der Waals surface area contributed by atoms with Crippen molar-refractivity contribution in [2.24, 2.45) is 16.2 Å². The van der Waals surface area contributed by atoms with Crippen LogP contribution in [-0.2, 0) is 9.59 Å². The van der Waals surface area contributed by atoms with Crippen molar-refractivity contribution in [1.82, 2.24) is 0 Å². The molecule has 3 rings (SSSR count). The minimum atomic E-state index is -0.721. The maximum atomic E-state index is 13.1. The average molecular weight is 385 g/mol. The number of carbonyl (C=O) groups excluding carboxylic acids is 2. The average Bonchev–Trinajstić information content (AvgIpc) is 2.71. The molecule has 118 valence electrons. The highest BCUT2D eigenvalue weighted by atomic mass is 79.9. The van der Waals surface area contributed by atoms with E-state index in [0.29, 0.717) is 17.1 Å². The van der Waals surface area contributed by atoms with Crippen LogP contribution in [0.25, 0.3) is 0 Å². The van der Waals surface area contributed by atoms with Gasteiger partial charge in [-0.05, 0) is 36.5 Å². The second-order valence-corrected chi connectivity index (χ2v) is 8.47. The van der Waals surface area contributed by atoms with Gasteiger partial charge in [0, 0.05) is 16.1 Å². The van der Waals surface area contributed by atoms with Gasteiger partial charge in [0.2, 0.25) is 5.91 Å². The molecule has 22 heavy (non-hydrogen) atoms. The molecule has 0 aromatic heterocycles. The Hall–Kier alpha value is -0.870. The van der Waals surface area contributed by atoms with Crippen molar-refractivity contribution in [2.75, 3.05) is 5.32 Å². The monoisotopic (exact) mass is 383 g/mol. The summed E-state index contributed by atoms with van der Waals surface area (Å²) in [6.07, 6.45) is 1.47. The Balaban J connectivity index is 1.99. The predicted molar refractivity (Wildman–Crippen MR) is 91.4 cm³/mol. The van der Waals surface area contributed by atoms with Crippen LogP contribution in [0.3, 0.4) is 0 Å². The van der Waals surface area contributed by atoms with Crippen molar-refractivity contribution in [3.05, 3.63) is 29.3 Å². The highest BCUT2D eigenvalue weighted by Gasteiger charge is 2.76. The first-order valence-electron chi connectivity index (χ1n) is 7.42. The number of halogens is 2. The van der Waals surface area contributed by atoms with Crippen molar-refractivity contribution in [3.8, 4) is 0 Å². The lowest BCUT2D eigenvalue weighted by atomic mass is 9.64. The van der Waals surface area contributed by atoms with Crippen LogP contribution in [0.4, 0.5) is 5.69 Å². The van der Waals surface area contributed by atoms with Gasteiger partial charge in [0.15, 0.2) is 5.78 Å². The SMILES string of the molecule is CC1(C)[C@@]2(C)CC[C@@]1(C(=O)Nc1cccc(Cl)c1)[C@H](Br)C2=O. The van der Waals surface area contributed by atoms with Crippen molar-refractivity contribution < 1.29 is 9.59 Å². The lowest BCUT2D eigenvalue weighted by molar-refractivity contribution is -0.130. The van der Waals surface area contributed by atoms with Crippen LogP contribution in [-0.4, -0.2) is 16.5 Å². The number of carbonyl (C=O) groups is 2. The van der Waals surface area contributed by atoms with E-state index in [1.165, 1.54) is 0 Å². The summed E-state index contributed by atoms with van der Waals surface area (Å²) in [5.41, 5.74) is -0.905. The summed E-state index contributed by atoms with van der Waals surface area (Å²) in [5, 5.41) is 3.53. The van der Waals surface area contributed by atoms with Crippen LogP contribution >= 0.6 is 27.5 Å². The van der Waals surface area contributed by atoms with Crippen molar-refractivity contribution in [3.63, 3.8) is 0 Å². The summed E-state index contributed by atoms with van der Waals surface area (Å²) in [6, 6.07) is 7.09. The fourth-order valence-corrected chi connectivity index (χ4v) is 5.97. The molecule has 1 amide bonds. The Morgan fingerprint density at radius 2 is 2.00 bits per heavy atom. The summed E-state index contributed by atoms with van der Waals surface area (Å²) in [7, 11) is 0. The lowest BCUT2D eigenvalue weighted by Crippen LogP contribution is -2.47. The van der Waals surface area contributed by atoms with Crippen LogP contribution < -0.4 is 5.32 Å². The minimum Gasteiger partial charge on any atom is -0.325 e. The van der Waals surface area contributed by atoms with Gasteiger partial charge in [0.05, 0.1) is 10.2 Å². The number of alkyl halides is 1. The van der Waals surface area contributed by atoms with Gasteiger partial charge in [-0.1, -0.05) is 54.4 Å². The molecule has 5 heteroatoms. The summed E-state index contributed by atoms with van der Waals surface area (Å²) in [5.74, 6) is 0.0428. The molecule has 2 bridgehead atoms. The van der Waals surface area contributed by atoms with Crippen LogP contribution in [0.15, 0.2) is 24.3 Å². The fraction of sp³-hybridized carbons (Fsp3) is 0.529. The van der Waals surface area contributed by atoms with E-state index in [9.17, 15) is 9.59 Å². The second-order valence-electron chi connectivity index (χ2n) is 7.12. The minimum absolute atomic E-state index is 0.101. The van der Waals surface area contributed by atoms with E-state index < -0.39 is 21.1 Å². The second kappa shape index (κ2) is 4.81. The fourth-order valence-electron chi connectivity index (χ4n) is 4.26. The number of rotatable bonds is 2. The number of fused-ring (bicyclic) bond motifs is 2. The highest BCUT2D eigenvalue weighted by molar-refractivity contribution is 9.10. The van der Waals surface area contributed by atoms with Gasteiger partial charge in [-0.2, -0.15) is 0 Å². The van der Waals surface area contributed by atoms with Crippen LogP contribution in [0.2, 0.25) is 5.02 Å². The molecular weight excluding hydrogens is 366 g/mol. The zero-order valence-electron chi connectivity index (χ0n) is 12.9. The number of hydrogen-bond acceptors (Lipinski definition) is 2. The van der Waals surface area contributed by atoms with E-state index >= 15 is 0 Å². The first-order valence-corrected chi connectivity index (χ1v) is 8.71. The molecule has 2 fully saturated rings. The predicted octanol–water partition coefficient (Wildman–Crippen LogP) is 4.44. The molecule has 3 nitrogen and oxygen atoms in total. The summed E-state index contributed by atoms with van der Waals surface area (Å²) in [4.78, 5) is 25.3. The van der Waals surface area contributed by atoms with E-state index in [-0.39, 0.29) is 11.7 Å². The van der Waals surface area contributed by atoms with Gasteiger partial charge in [-0.3, -0.25) is 9.59 Å². The summed E-state index contributed by atoms with van der Waals surface area (Å²) < 4.78 is 0. The maximum absolute atomic E-state index is 13.1. The molecule has 3 atom stereocenters. The molecule has 1 N–H and O–H groups in total. The number of hydrogen-bond donors (Lipinski definition) is 1. The molecule has 1 aromatic rings. The van der Waals surface area contributed by atoms with Crippen molar-refractivity contribution >= 4 is 44.9 Å². The topological polar surface area (TPSA) is 46.2 Å². The third-order valence-electron chi connectivity index (χ3n) is 6.21. The van der Waals surface area contributed by atoms with E-state index in [0.717, 1.165) is 6.42 Å². The number of amides is 1. The van der Waals surface area contributed by atoms with Crippen molar-refractivity contribution in [1.29, 1.82) is 0 Å². The Morgan fingerprint density at radius 3 is 2.55 bits per heavy atom. The summed E-state index contributed by atoms with van der Waals surface area (Å²) in [6.45, 7) is 6.07. The standard InChI is InChI=1S/C17H19BrClNO2/c1-15(2)16(3)7-8-17(15,12(18)13(16)21)14(22)20-11-6-4-5-10(19)9-11/h4-6,9,12H,7-8H2,1-3H3,(H,20,22)/t12-,16+,17+/m1/s1. The first-order chi connectivity index (χ1) is 10.2. The number of ketones is 1. The molecule has 0 saturated heterocycles. The number of nitrogens with one attached hydrogen (secondary N) is 1. The van der Waals surface area contributed by atoms with Crippen LogP contribution in [0.5, 0.6) is 0 Å². The number of benzene rings is 1. The Bertz CT molecular complexity index is 674. The molecule has 0 aliphatic heterocycles. The molecule has 0 heterocycles. The van der Waals surface area contributed by atoms with Gasteiger partial charge in [-0.25, -0.2) is 0 Å². The zero-order chi connectivity index (χ0) is 16.3. The Morgan fingerprint density at radius 1 is 1.32 bits per heavy atom. The van der Waals surface area contributed by atoms with Gasteiger partial charge in [0.25, 0.3) is 0 Å². The summed E-state index contributed by atoms with van der Waals surface area (Å²) >= 11 is 9.50. The Labute approximate surface area is 143 Å². The third-order valence-corrected chi connectivity index (χ3v) is 7.64. The van der Waals surface area contributed by atoms with E-state index in [1.54, 1.807) is 18.2 Å². The lowest BCUT2D eigenvalue weighted by Gasteiger charge is -2.39. The van der Waals surface area contributed by atoms with Crippen molar-refractivity contribution in [2.45, 2.75) is 38.4 Å². The molecular formula is C17H19BrClNO2. The third kappa shape index (κ3) is 1.74. The van der Waals surface area contributed by atoms with Gasteiger partial charge < -0.3 is 5.32 Å². The molecule has 2 aliphatic carbocycles. The van der Waals surface area contributed by atoms with E-state index in [4.69, 9.17) is 11.6 Å². The molecule has 0 unspecified atom stereocenters. The largest absolute Gasteiger partial charge is 0.325 e. The molecule has 0 radical (unpaired) electrons. The smallest absolute Gasteiger partial charge is 0.232 e. The van der Waals surface area contributed by atoms with Gasteiger partial charge in [-0.15, -0.1) is 0 Å². The van der Waals surface area contributed by atoms with E-state index in [1.807, 2.05) is 26.8 Å². The molecule has 0 spiro atoms. The van der Waals surface area contributed by atoms with Gasteiger partial charge in [0.1, 0.15) is 0 Å². The van der Waals surface area contributed by atoms with Crippen LogP contribution in [0.1, 0.15) is 33.6 Å². The quantitative estimate of drug-likeness (QED) is 0.766. The van der Waals surface area contributed by atoms with E-state index in [2.05, 4.69) is 21.2 Å². The molecule has 1 aromatic carbocycles. The maximum Gasteiger partial charge on any atom is 0.232 e. The first kappa shape index (κ1) is 16.0. The number of anilines is 1. The Kier molecular flexibility index (Phi) is 3.50. The van der Waals surface area contributed by atoms with Crippen LogP contribution in [0, 0.1) is 16.2 Å².